The highest BCUT2D eigenvalue weighted by Gasteiger charge is 2.19. The Kier molecular flexibility index (Phi) is 5.00. The van der Waals surface area contributed by atoms with Gasteiger partial charge in [-0.2, -0.15) is 0 Å². The molecule has 1 saturated heterocycles. The van der Waals surface area contributed by atoms with Crippen LogP contribution in [0.2, 0.25) is 5.02 Å². The van der Waals surface area contributed by atoms with E-state index in [0.717, 1.165) is 30.3 Å². The lowest BCUT2D eigenvalue weighted by molar-refractivity contribution is -0.127. The molecule has 24 heavy (non-hydrogen) atoms. The van der Waals surface area contributed by atoms with Crippen molar-refractivity contribution in [2.24, 2.45) is 0 Å². The highest BCUT2D eigenvalue weighted by atomic mass is 35.5. The summed E-state index contributed by atoms with van der Waals surface area (Å²) in [6.07, 6.45) is 2.34. The molecule has 1 aliphatic heterocycles. The van der Waals surface area contributed by atoms with Gasteiger partial charge in [0.2, 0.25) is 5.91 Å². The molecular formula is C18H20ClN3O2. The van der Waals surface area contributed by atoms with E-state index in [4.69, 9.17) is 11.6 Å². The number of aromatic nitrogens is 1. The Labute approximate surface area is 146 Å². The Morgan fingerprint density at radius 1 is 1.38 bits per heavy atom. The molecule has 3 rings (SSSR count). The number of hydrogen-bond donors (Lipinski definition) is 1. The predicted octanol–water partition coefficient (Wildman–Crippen LogP) is 2.94. The first kappa shape index (κ1) is 16.7. The molecule has 0 atom stereocenters. The normalized spacial score (nSPS) is 14.4. The average Bonchev–Trinajstić information content (AvgIpc) is 2.96. The number of aryl methyl sites for hydroxylation is 1. The van der Waals surface area contributed by atoms with E-state index in [2.05, 4.69) is 10.3 Å². The van der Waals surface area contributed by atoms with Crippen molar-refractivity contribution in [1.29, 1.82) is 0 Å². The Morgan fingerprint density at radius 3 is 2.96 bits per heavy atom. The Morgan fingerprint density at radius 2 is 2.21 bits per heavy atom. The number of nitrogens with one attached hydrogen (secondary N) is 1. The summed E-state index contributed by atoms with van der Waals surface area (Å²) in [6, 6.07) is 7.26. The number of rotatable bonds is 5. The molecule has 0 bridgehead atoms. The van der Waals surface area contributed by atoms with Crippen molar-refractivity contribution in [3.05, 3.63) is 40.5 Å². The number of benzene rings is 1. The van der Waals surface area contributed by atoms with Crippen LogP contribution in [0.5, 0.6) is 0 Å². The molecule has 6 heteroatoms. The summed E-state index contributed by atoms with van der Waals surface area (Å²) in [6.45, 7) is 3.90. The number of carbonyl (C=O) groups is 2. The number of nitrogens with zero attached hydrogens (tertiary/aromatic N) is 2. The SMILES string of the molecule is Cc1nc2ccc(Cl)cc2cc1C(=O)NCCCN1CCCC1=O. The molecule has 0 unspecified atom stereocenters. The molecule has 0 aliphatic carbocycles. The zero-order valence-electron chi connectivity index (χ0n) is 13.6. The minimum absolute atomic E-state index is 0.144. The van der Waals surface area contributed by atoms with Crippen molar-refractivity contribution in [3.63, 3.8) is 0 Å². The van der Waals surface area contributed by atoms with Crippen molar-refractivity contribution in [2.45, 2.75) is 26.2 Å². The third kappa shape index (κ3) is 3.67. The third-order valence-electron chi connectivity index (χ3n) is 4.27. The van der Waals surface area contributed by atoms with Crippen molar-refractivity contribution < 1.29 is 9.59 Å². The quantitative estimate of drug-likeness (QED) is 0.847. The lowest BCUT2D eigenvalue weighted by Gasteiger charge is -2.15. The maximum atomic E-state index is 12.4. The van der Waals surface area contributed by atoms with E-state index >= 15 is 0 Å². The molecule has 2 aromatic rings. The molecule has 126 valence electrons. The summed E-state index contributed by atoms with van der Waals surface area (Å²) in [5.74, 6) is 0.0717. The van der Waals surface area contributed by atoms with Gasteiger partial charge in [-0.3, -0.25) is 14.6 Å². The number of halogens is 1. The molecule has 0 saturated carbocycles. The fraction of sp³-hybridized carbons (Fsp3) is 0.389. The van der Waals surface area contributed by atoms with Crippen LogP contribution in [-0.4, -0.2) is 41.3 Å². The Bertz CT molecular complexity index is 791. The summed E-state index contributed by atoms with van der Waals surface area (Å²) in [5.41, 5.74) is 2.07. The molecular weight excluding hydrogens is 326 g/mol. The van der Waals surface area contributed by atoms with Gasteiger partial charge in [0.25, 0.3) is 5.91 Å². The van der Waals surface area contributed by atoms with Crippen LogP contribution in [0.1, 0.15) is 35.3 Å². The fourth-order valence-corrected chi connectivity index (χ4v) is 3.16. The largest absolute Gasteiger partial charge is 0.352 e. The molecule has 2 heterocycles. The van der Waals surface area contributed by atoms with Crippen LogP contribution in [0.4, 0.5) is 0 Å². The van der Waals surface area contributed by atoms with E-state index in [1.165, 1.54) is 0 Å². The zero-order chi connectivity index (χ0) is 17.1. The van der Waals surface area contributed by atoms with Gasteiger partial charge in [0.05, 0.1) is 16.8 Å². The second-order valence-corrected chi connectivity index (χ2v) is 6.49. The first-order valence-corrected chi connectivity index (χ1v) is 8.55. The van der Waals surface area contributed by atoms with Crippen molar-refractivity contribution in [2.75, 3.05) is 19.6 Å². The van der Waals surface area contributed by atoms with Crippen molar-refractivity contribution in [3.8, 4) is 0 Å². The van der Waals surface area contributed by atoms with Crippen LogP contribution in [0, 0.1) is 6.92 Å². The van der Waals surface area contributed by atoms with Crippen LogP contribution in [0.15, 0.2) is 24.3 Å². The smallest absolute Gasteiger partial charge is 0.253 e. The minimum atomic E-state index is -0.144. The van der Waals surface area contributed by atoms with E-state index in [9.17, 15) is 9.59 Å². The van der Waals surface area contributed by atoms with E-state index < -0.39 is 0 Å². The fourth-order valence-electron chi connectivity index (χ4n) is 2.98. The van der Waals surface area contributed by atoms with Crippen LogP contribution in [0.3, 0.4) is 0 Å². The summed E-state index contributed by atoms with van der Waals surface area (Å²) >= 11 is 6.01. The topological polar surface area (TPSA) is 62.3 Å². The van der Waals surface area contributed by atoms with Gasteiger partial charge in [-0.05, 0) is 44.0 Å². The number of likely N-dealkylation sites (tertiary alicyclic amines) is 1. The van der Waals surface area contributed by atoms with Crippen LogP contribution in [-0.2, 0) is 4.79 Å². The van der Waals surface area contributed by atoms with Gasteiger partial charge < -0.3 is 10.2 Å². The summed E-state index contributed by atoms with van der Waals surface area (Å²) in [4.78, 5) is 30.3. The van der Waals surface area contributed by atoms with E-state index in [-0.39, 0.29) is 11.8 Å². The Balaban J connectivity index is 1.61. The maximum absolute atomic E-state index is 12.4. The summed E-state index contributed by atoms with van der Waals surface area (Å²) < 4.78 is 0. The van der Waals surface area contributed by atoms with Gasteiger partial charge in [0, 0.05) is 36.5 Å². The number of amides is 2. The molecule has 0 spiro atoms. The molecule has 2 amide bonds. The standard InChI is InChI=1S/C18H20ClN3O2/c1-12-15(11-13-10-14(19)5-6-16(13)21-12)18(24)20-7-3-9-22-8-2-4-17(22)23/h5-6,10-11H,2-4,7-9H2,1H3,(H,20,24). The van der Waals surface area contributed by atoms with Crippen LogP contribution in [0.25, 0.3) is 10.9 Å². The summed E-state index contributed by atoms with van der Waals surface area (Å²) in [7, 11) is 0. The predicted molar refractivity (Wildman–Crippen MR) is 94.3 cm³/mol. The molecule has 1 N–H and O–H groups in total. The average molecular weight is 346 g/mol. The molecule has 1 aromatic heterocycles. The zero-order valence-corrected chi connectivity index (χ0v) is 14.4. The lowest BCUT2D eigenvalue weighted by atomic mass is 10.1. The highest BCUT2D eigenvalue weighted by molar-refractivity contribution is 6.31. The summed E-state index contributed by atoms with van der Waals surface area (Å²) in [5, 5.41) is 4.38. The highest BCUT2D eigenvalue weighted by Crippen LogP contribution is 2.20. The minimum Gasteiger partial charge on any atom is -0.352 e. The molecule has 0 radical (unpaired) electrons. The molecule has 1 aromatic carbocycles. The first-order valence-electron chi connectivity index (χ1n) is 8.17. The molecule has 1 aliphatic rings. The number of pyridine rings is 1. The van der Waals surface area contributed by atoms with Crippen molar-refractivity contribution in [1.82, 2.24) is 15.2 Å². The Hall–Kier alpha value is -2.14. The maximum Gasteiger partial charge on any atom is 0.253 e. The van der Waals surface area contributed by atoms with Gasteiger partial charge in [-0.1, -0.05) is 11.6 Å². The van der Waals surface area contributed by atoms with Crippen LogP contribution < -0.4 is 5.32 Å². The molecule has 1 fully saturated rings. The van der Waals surface area contributed by atoms with E-state index in [1.807, 2.05) is 24.0 Å². The number of fused-ring (bicyclic) bond motifs is 1. The molecule has 5 nitrogen and oxygen atoms in total. The number of carbonyl (C=O) groups excluding carboxylic acids is 2. The van der Waals surface area contributed by atoms with E-state index in [0.29, 0.717) is 35.8 Å². The third-order valence-corrected chi connectivity index (χ3v) is 4.51. The van der Waals surface area contributed by atoms with Gasteiger partial charge in [-0.15, -0.1) is 0 Å². The van der Waals surface area contributed by atoms with Crippen LogP contribution >= 0.6 is 11.6 Å². The van der Waals surface area contributed by atoms with E-state index in [1.54, 1.807) is 12.1 Å². The second kappa shape index (κ2) is 7.18. The van der Waals surface area contributed by atoms with Gasteiger partial charge in [0.1, 0.15) is 0 Å². The lowest BCUT2D eigenvalue weighted by Crippen LogP contribution is -2.31. The van der Waals surface area contributed by atoms with Gasteiger partial charge >= 0.3 is 0 Å². The monoisotopic (exact) mass is 345 g/mol. The van der Waals surface area contributed by atoms with Gasteiger partial charge in [-0.25, -0.2) is 0 Å². The first-order chi connectivity index (χ1) is 11.5. The second-order valence-electron chi connectivity index (χ2n) is 6.05. The van der Waals surface area contributed by atoms with Gasteiger partial charge in [0.15, 0.2) is 0 Å². The number of hydrogen-bond acceptors (Lipinski definition) is 3. The van der Waals surface area contributed by atoms with Crippen molar-refractivity contribution >= 4 is 34.3 Å².